The summed E-state index contributed by atoms with van der Waals surface area (Å²) in [5, 5.41) is 10.9. The van der Waals surface area contributed by atoms with E-state index in [-0.39, 0.29) is 30.8 Å². The lowest BCUT2D eigenvalue weighted by Crippen LogP contribution is -2.38. The average molecular weight is 513 g/mol. The molecule has 0 spiro atoms. The van der Waals surface area contributed by atoms with E-state index in [2.05, 4.69) is 15.3 Å². The van der Waals surface area contributed by atoms with Crippen molar-refractivity contribution in [1.29, 1.82) is 0 Å². The molecule has 2 heterocycles. The van der Waals surface area contributed by atoms with Crippen LogP contribution < -0.4 is 10.1 Å². The lowest BCUT2D eigenvalue weighted by atomic mass is 9.97. The first-order valence-electron chi connectivity index (χ1n) is 12.6. The number of urea groups is 1. The number of aliphatic hydroxyl groups is 1. The van der Waals surface area contributed by atoms with Gasteiger partial charge in [0.1, 0.15) is 30.0 Å². The topological polar surface area (TPSA) is 108 Å². The lowest BCUT2D eigenvalue weighted by molar-refractivity contribution is -0.127. The number of rotatable bonds is 8. The first-order valence-corrected chi connectivity index (χ1v) is 12.6. The number of aryl methyl sites for hydroxylation is 1. The van der Waals surface area contributed by atoms with Gasteiger partial charge in [0.05, 0.1) is 25.0 Å². The van der Waals surface area contributed by atoms with Crippen LogP contribution in [-0.2, 0) is 4.79 Å². The van der Waals surface area contributed by atoms with Gasteiger partial charge in [0.15, 0.2) is 0 Å². The number of carbonyl (C=O) groups is 2. The van der Waals surface area contributed by atoms with Crippen LogP contribution in [0.25, 0.3) is 11.3 Å². The summed E-state index contributed by atoms with van der Waals surface area (Å²) in [7, 11) is 0. The summed E-state index contributed by atoms with van der Waals surface area (Å²) in [5.74, 6) is 0.668. The Kier molecular flexibility index (Phi) is 11.8. The molecule has 8 nitrogen and oxygen atoms in total. The molecular weight excluding hydrogens is 475 g/mol. The maximum absolute atomic E-state index is 14.2. The molecule has 37 heavy (non-hydrogen) atoms. The molecule has 1 aromatic heterocycles. The quantitative estimate of drug-likeness (QED) is 0.358. The number of ether oxygens (including phenoxy) is 1. The summed E-state index contributed by atoms with van der Waals surface area (Å²) >= 11 is 0. The van der Waals surface area contributed by atoms with E-state index in [1.54, 1.807) is 6.07 Å². The second-order valence-corrected chi connectivity index (χ2v) is 8.30. The molecule has 0 aliphatic carbocycles. The van der Waals surface area contributed by atoms with Crippen molar-refractivity contribution < 1.29 is 23.8 Å². The summed E-state index contributed by atoms with van der Waals surface area (Å²) in [6.45, 7) is 10.2. The maximum atomic E-state index is 14.2. The Morgan fingerprint density at radius 3 is 2.43 bits per heavy atom. The number of aromatic amines is 1. The van der Waals surface area contributed by atoms with E-state index >= 15 is 0 Å². The zero-order valence-corrected chi connectivity index (χ0v) is 22.1. The number of aromatic nitrogens is 2. The molecule has 3 aromatic rings. The zero-order valence-electron chi connectivity index (χ0n) is 22.1. The van der Waals surface area contributed by atoms with Crippen molar-refractivity contribution in [3.05, 3.63) is 71.9 Å². The summed E-state index contributed by atoms with van der Waals surface area (Å²) in [4.78, 5) is 32.9. The van der Waals surface area contributed by atoms with E-state index in [0.717, 1.165) is 17.7 Å². The molecule has 2 aromatic carbocycles. The van der Waals surface area contributed by atoms with Crippen LogP contribution in [0.1, 0.15) is 51.5 Å². The Balaban J connectivity index is 0.000000336. The number of aliphatic hydroxyl groups excluding tert-OH is 1. The Labute approximate surface area is 217 Å². The smallest absolute Gasteiger partial charge is 0.325 e. The number of amides is 3. The standard InChI is InChI=1S/C18H21FN4O2.C8H10O2.C2H6/c1-4-11(3)16(23-15(24)9-21-18(23)25)17-20-8-14(22-17)12-6-5-10(2)7-13(12)19;9-6-7-10-8-4-2-1-3-5-8;1-2/h5-8,11,16H,4,9H2,1-3H3,(H,20,22)(H,21,25);1-5,9H,6-7H2;1-2H3. The van der Waals surface area contributed by atoms with Crippen molar-refractivity contribution >= 4 is 11.9 Å². The normalized spacial score (nSPS) is 14.1. The lowest BCUT2D eigenvalue weighted by Gasteiger charge is -2.28. The molecule has 0 saturated carbocycles. The van der Waals surface area contributed by atoms with E-state index in [1.165, 1.54) is 17.2 Å². The molecule has 3 N–H and O–H groups in total. The molecule has 2 atom stereocenters. The van der Waals surface area contributed by atoms with Crippen molar-refractivity contribution in [2.24, 2.45) is 5.92 Å². The average Bonchev–Trinajstić information content (AvgIpc) is 3.52. The summed E-state index contributed by atoms with van der Waals surface area (Å²) in [6.07, 6.45) is 2.30. The number of hydrogen-bond donors (Lipinski definition) is 3. The highest BCUT2D eigenvalue weighted by Gasteiger charge is 2.39. The molecule has 4 rings (SSSR count). The third-order valence-electron chi connectivity index (χ3n) is 5.73. The molecule has 1 aliphatic heterocycles. The Bertz CT molecular complexity index is 1120. The number of nitrogens with zero attached hydrogens (tertiary/aromatic N) is 2. The monoisotopic (exact) mass is 512 g/mol. The molecule has 2 unspecified atom stereocenters. The van der Waals surface area contributed by atoms with Crippen molar-refractivity contribution in [2.45, 2.75) is 47.1 Å². The van der Waals surface area contributed by atoms with Crippen molar-refractivity contribution in [1.82, 2.24) is 20.2 Å². The minimum absolute atomic E-state index is 0.00801. The van der Waals surface area contributed by atoms with Crippen LogP contribution in [0.5, 0.6) is 5.75 Å². The van der Waals surface area contributed by atoms with Crippen LogP contribution in [0.3, 0.4) is 0 Å². The van der Waals surface area contributed by atoms with Gasteiger partial charge in [-0.15, -0.1) is 0 Å². The summed E-state index contributed by atoms with van der Waals surface area (Å²) in [5.41, 5.74) is 1.76. The van der Waals surface area contributed by atoms with Crippen molar-refractivity contribution in [3.8, 4) is 17.0 Å². The van der Waals surface area contributed by atoms with Gasteiger partial charge in [-0.25, -0.2) is 14.2 Å². The van der Waals surface area contributed by atoms with Crippen LogP contribution in [0.4, 0.5) is 9.18 Å². The number of imidazole rings is 1. The van der Waals surface area contributed by atoms with Gasteiger partial charge in [-0.3, -0.25) is 9.69 Å². The third kappa shape index (κ3) is 7.88. The molecular formula is C28H37FN4O4. The van der Waals surface area contributed by atoms with E-state index in [0.29, 0.717) is 23.7 Å². The van der Waals surface area contributed by atoms with E-state index in [9.17, 15) is 14.0 Å². The predicted molar refractivity (Wildman–Crippen MR) is 142 cm³/mol. The van der Waals surface area contributed by atoms with Gasteiger partial charge in [0.2, 0.25) is 0 Å². The largest absolute Gasteiger partial charge is 0.491 e. The number of H-pyrrole nitrogens is 1. The highest BCUT2D eigenvalue weighted by molar-refractivity contribution is 6.02. The van der Waals surface area contributed by atoms with Crippen LogP contribution in [-0.4, -0.2) is 51.7 Å². The minimum Gasteiger partial charge on any atom is -0.491 e. The van der Waals surface area contributed by atoms with Crippen LogP contribution in [0, 0.1) is 18.7 Å². The highest BCUT2D eigenvalue weighted by Crippen LogP contribution is 2.32. The first kappa shape index (κ1) is 29.5. The van der Waals surface area contributed by atoms with Gasteiger partial charge in [-0.1, -0.05) is 58.4 Å². The second kappa shape index (κ2) is 14.7. The molecule has 0 radical (unpaired) electrons. The molecule has 9 heteroatoms. The van der Waals surface area contributed by atoms with Gasteiger partial charge in [0, 0.05) is 5.56 Å². The van der Waals surface area contributed by atoms with E-state index in [1.807, 2.05) is 71.0 Å². The predicted octanol–water partition coefficient (Wildman–Crippen LogP) is 5.25. The van der Waals surface area contributed by atoms with E-state index < -0.39 is 12.1 Å². The third-order valence-corrected chi connectivity index (χ3v) is 5.73. The summed E-state index contributed by atoms with van der Waals surface area (Å²) in [6, 6.07) is 13.5. The number of halogens is 1. The fourth-order valence-corrected chi connectivity index (χ4v) is 3.73. The molecule has 0 bridgehead atoms. The van der Waals surface area contributed by atoms with Gasteiger partial charge in [-0.05, 0) is 42.7 Å². The van der Waals surface area contributed by atoms with Gasteiger partial charge in [-0.2, -0.15) is 0 Å². The Morgan fingerprint density at radius 2 is 1.86 bits per heavy atom. The SMILES string of the molecule is CC.CCC(C)C(c1ncc(-c2ccc(C)cc2F)[nH]1)N1C(=O)CNC1=O.OCCOc1ccccc1. The molecule has 3 amide bonds. The molecule has 200 valence electrons. The van der Waals surface area contributed by atoms with Gasteiger partial charge < -0.3 is 20.1 Å². The fourth-order valence-electron chi connectivity index (χ4n) is 3.73. The fraction of sp³-hybridized carbons (Fsp3) is 0.393. The van der Waals surface area contributed by atoms with Crippen LogP contribution in [0.15, 0.2) is 54.7 Å². The summed E-state index contributed by atoms with van der Waals surface area (Å²) < 4.78 is 19.3. The van der Waals surface area contributed by atoms with Gasteiger partial charge in [0.25, 0.3) is 5.91 Å². The minimum atomic E-state index is -0.512. The second-order valence-electron chi connectivity index (χ2n) is 8.30. The Hall–Kier alpha value is -3.72. The number of hydrogen-bond acceptors (Lipinski definition) is 5. The number of benzene rings is 2. The van der Waals surface area contributed by atoms with Crippen molar-refractivity contribution in [3.63, 3.8) is 0 Å². The van der Waals surface area contributed by atoms with Gasteiger partial charge >= 0.3 is 6.03 Å². The number of para-hydroxylation sites is 1. The van der Waals surface area contributed by atoms with Crippen molar-refractivity contribution in [2.75, 3.05) is 19.8 Å². The highest BCUT2D eigenvalue weighted by atomic mass is 19.1. The van der Waals surface area contributed by atoms with E-state index in [4.69, 9.17) is 9.84 Å². The maximum Gasteiger partial charge on any atom is 0.325 e. The Morgan fingerprint density at radius 1 is 1.16 bits per heavy atom. The first-order chi connectivity index (χ1) is 17.8. The number of carbonyl (C=O) groups excluding carboxylic acids is 2. The molecule has 1 fully saturated rings. The van der Waals surface area contributed by atoms with Crippen LogP contribution in [0.2, 0.25) is 0 Å². The number of nitrogens with one attached hydrogen (secondary N) is 2. The number of imide groups is 1. The molecule has 1 aliphatic rings. The van der Waals surface area contributed by atoms with Crippen LogP contribution >= 0.6 is 0 Å². The zero-order chi connectivity index (χ0) is 27.4. The molecule has 1 saturated heterocycles.